The third-order valence-electron chi connectivity index (χ3n) is 19.3. The van der Waals surface area contributed by atoms with Crippen LogP contribution in [0.15, 0.2) is 291 Å². The van der Waals surface area contributed by atoms with Gasteiger partial charge in [-0.15, -0.1) is 0 Å². The van der Waals surface area contributed by atoms with E-state index in [4.69, 9.17) is 0 Å². The molecule has 2 unspecified atom stereocenters. The van der Waals surface area contributed by atoms with E-state index >= 15 is 0 Å². The first kappa shape index (κ1) is 51.1. The van der Waals surface area contributed by atoms with E-state index in [0.29, 0.717) is 0 Å². The molecule has 0 aromatic heterocycles. The summed E-state index contributed by atoms with van der Waals surface area (Å²) in [5, 5.41) is 0. The summed E-state index contributed by atoms with van der Waals surface area (Å²) in [5.41, 5.74) is 30.7. The minimum absolute atomic E-state index is 0.0447. The summed E-state index contributed by atoms with van der Waals surface area (Å²) < 4.78 is 0. The molecule has 3 aliphatic rings. The van der Waals surface area contributed by atoms with E-state index in [2.05, 4.69) is 329 Å². The molecule has 0 aliphatic heterocycles. The maximum absolute atomic E-state index is 2.61. The molecule has 0 spiro atoms. The summed E-state index contributed by atoms with van der Waals surface area (Å²) in [7, 11) is 0. The van der Waals surface area contributed by atoms with Gasteiger partial charge in [-0.05, 0) is 198 Å². The van der Waals surface area contributed by atoms with Crippen LogP contribution in [0.5, 0.6) is 0 Å². The van der Waals surface area contributed by atoms with Crippen molar-refractivity contribution in [3.8, 4) is 55.6 Å². The van der Waals surface area contributed by atoms with Crippen molar-refractivity contribution in [2.45, 2.75) is 63.2 Å². The molecule has 12 aromatic rings. The summed E-state index contributed by atoms with van der Waals surface area (Å²) in [6, 6.07) is 108. The van der Waals surface area contributed by atoms with Crippen LogP contribution in [-0.4, -0.2) is 0 Å². The Morgan fingerprint density at radius 2 is 0.583 bits per heavy atom. The van der Waals surface area contributed by atoms with E-state index in [1.54, 1.807) is 0 Å². The van der Waals surface area contributed by atoms with Gasteiger partial charge >= 0.3 is 0 Å². The first-order valence-electron chi connectivity index (χ1n) is 30.1. The normalized spacial score (nSPS) is 16.6. The Balaban J connectivity index is 0.723. The Labute approximate surface area is 495 Å². The molecule has 0 fully saturated rings. The maximum Gasteiger partial charge on any atom is 0.0462 e. The van der Waals surface area contributed by atoms with Crippen LogP contribution < -0.4 is 9.80 Å². The van der Waals surface area contributed by atoms with Crippen molar-refractivity contribution in [2.75, 3.05) is 9.80 Å². The molecule has 0 amide bonds. The van der Waals surface area contributed by atoms with E-state index in [0.717, 1.165) is 53.4 Å². The average molecular weight is 1080 g/mol. The lowest BCUT2D eigenvalue weighted by Gasteiger charge is -2.45. The second kappa shape index (κ2) is 20.3. The third kappa shape index (κ3) is 8.37. The van der Waals surface area contributed by atoms with Crippen LogP contribution >= 0.6 is 0 Å². The van der Waals surface area contributed by atoms with Gasteiger partial charge in [0.05, 0.1) is 0 Å². The van der Waals surface area contributed by atoms with Crippen LogP contribution in [0.4, 0.5) is 34.1 Å². The number of benzene rings is 12. The third-order valence-corrected chi connectivity index (χ3v) is 19.3. The van der Waals surface area contributed by atoms with E-state index in [-0.39, 0.29) is 16.2 Å². The molecule has 0 N–H and O–H groups in total. The van der Waals surface area contributed by atoms with Gasteiger partial charge in [-0.1, -0.05) is 240 Å². The van der Waals surface area contributed by atoms with Crippen molar-refractivity contribution in [1.29, 1.82) is 0 Å². The minimum Gasteiger partial charge on any atom is -0.311 e. The molecule has 84 heavy (non-hydrogen) atoms. The summed E-state index contributed by atoms with van der Waals surface area (Å²) in [6.45, 7) is 9.68. The van der Waals surface area contributed by atoms with E-state index in [1.165, 1.54) is 100 Å². The van der Waals surface area contributed by atoms with Crippen LogP contribution in [0, 0.1) is 0 Å². The highest BCUT2D eigenvalue weighted by atomic mass is 15.1. The molecule has 0 saturated carbocycles. The lowest BCUT2D eigenvalue weighted by atomic mass is 9.58. The molecule has 2 nitrogen and oxygen atoms in total. The summed E-state index contributed by atoms with van der Waals surface area (Å²) in [6.07, 6.45) is 3.10. The van der Waals surface area contributed by atoms with Crippen LogP contribution in [0.25, 0.3) is 55.6 Å². The monoisotopic (exact) mass is 1080 g/mol. The summed E-state index contributed by atoms with van der Waals surface area (Å²) >= 11 is 0. The van der Waals surface area contributed by atoms with Gasteiger partial charge in [0, 0.05) is 50.4 Å². The maximum atomic E-state index is 2.61. The zero-order valence-electron chi connectivity index (χ0n) is 48.2. The van der Waals surface area contributed by atoms with Crippen LogP contribution in [-0.2, 0) is 22.7 Å². The van der Waals surface area contributed by atoms with Gasteiger partial charge in [0.25, 0.3) is 0 Å². The van der Waals surface area contributed by atoms with Gasteiger partial charge in [0.1, 0.15) is 0 Å². The summed E-state index contributed by atoms with van der Waals surface area (Å²) in [5.74, 6) is 0. The fraction of sp³-hybridized carbons (Fsp3) is 0.122. The van der Waals surface area contributed by atoms with Gasteiger partial charge in [0.15, 0.2) is 0 Å². The van der Waals surface area contributed by atoms with Crippen molar-refractivity contribution in [3.05, 3.63) is 336 Å². The molecule has 0 saturated heterocycles. The zero-order chi connectivity index (χ0) is 56.6. The predicted octanol–water partition coefficient (Wildman–Crippen LogP) is 21.9. The van der Waals surface area contributed by atoms with Gasteiger partial charge in [-0.2, -0.15) is 0 Å². The van der Waals surface area contributed by atoms with E-state index < -0.39 is 0 Å². The fourth-order valence-electron chi connectivity index (χ4n) is 14.5. The van der Waals surface area contributed by atoms with E-state index in [1.807, 2.05) is 0 Å². The second-order valence-corrected chi connectivity index (χ2v) is 23.9. The Hall–Kier alpha value is -9.76. The second-order valence-electron chi connectivity index (χ2n) is 23.9. The average Bonchev–Trinajstić information content (AvgIpc) is 1.59. The molecule has 2 atom stereocenters. The number of hydrogen-bond donors (Lipinski definition) is 0. The van der Waals surface area contributed by atoms with Crippen molar-refractivity contribution in [3.63, 3.8) is 0 Å². The molecule has 3 aliphatic carbocycles. The van der Waals surface area contributed by atoms with Crippen LogP contribution in [0.1, 0.15) is 85.0 Å². The molecule has 2 heteroatoms. The lowest BCUT2D eigenvalue weighted by molar-refractivity contribution is 0.431. The smallest absolute Gasteiger partial charge is 0.0462 e. The highest BCUT2D eigenvalue weighted by Crippen LogP contribution is 2.63. The van der Waals surface area contributed by atoms with Gasteiger partial charge < -0.3 is 9.80 Å². The Morgan fingerprint density at radius 1 is 0.286 bits per heavy atom. The highest BCUT2D eigenvalue weighted by molar-refractivity contribution is 5.89. The molecular formula is C82H66N2. The number of anilines is 6. The first-order chi connectivity index (χ1) is 41.2. The molecule has 0 heterocycles. The molecule has 0 radical (unpaired) electrons. The number of hydrogen-bond acceptors (Lipinski definition) is 2. The van der Waals surface area contributed by atoms with Gasteiger partial charge in [0.2, 0.25) is 0 Å². The molecule has 404 valence electrons. The van der Waals surface area contributed by atoms with Crippen molar-refractivity contribution >= 4 is 34.1 Å². The SMILES string of the molecule is CCC1(c2ccc(N(c3ccc(-c4ccccc4)cc3)c3ccc(-c4ccccc4)cc3)cc2)Cc2cc3c(cc21)C(C)(C)c1cc2c(cc1-3)C2(CC)c1ccc(N(c2ccc(-c3ccccc3)cc2)c2ccc(-c3ccccc3)cc2)cc1. The molecule has 12 aromatic carbocycles. The largest absolute Gasteiger partial charge is 0.311 e. The quantitative estimate of drug-likeness (QED) is 0.107. The molecular weight excluding hydrogens is 1010 g/mol. The Bertz CT molecular complexity index is 4200. The number of rotatable bonds is 14. The van der Waals surface area contributed by atoms with Crippen molar-refractivity contribution < 1.29 is 0 Å². The van der Waals surface area contributed by atoms with E-state index in [9.17, 15) is 0 Å². The van der Waals surface area contributed by atoms with Gasteiger partial charge in [-0.25, -0.2) is 0 Å². The molecule has 15 rings (SSSR count). The standard InChI is InChI=1S/C82H66N2/c1-5-81(65-35-47-71(48-36-65)83(67-39-27-60(28-40-67)56-19-11-7-12-20-56)68-41-29-61(30-42-68)57-21-13-8-14-22-57)55-64-51-73-74-52-78-79(54-77(74)80(3,4)76(73)53-75(64)81)82(78,6-2)66-37-49-72(50-38-66)84(69-43-31-62(32-44-69)58-23-15-9-16-24-58)70-45-33-63(34-46-70)59-25-17-10-18-26-59/h7-54H,5-6,55H2,1-4H3. The Kier molecular flexibility index (Phi) is 12.4. The minimum atomic E-state index is -0.140. The Morgan fingerprint density at radius 3 is 0.929 bits per heavy atom. The van der Waals surface area contributed by atoms with Crippen molar-refractivity contribution in [1.82, 2.24) is 0 Å². The number of fused-ring (bicyclic) bond motifs is 5. The number of nitrogens with zero attached hydrogens (tertiary/aromatic N) is 2. The van der Waals surface area contributed by atoms with Crippen molar-refractivity contribution in [2.24, 2.45) is 0 Å². The summed E-state index contributed by atoms with van der Waals surface area (Å²) in [4.78, 5) is 4.79. The van der Waals surface area contributed by atoms with Crippen LogP contribution in [0.3, 0.4) is 0 Å². The fourth-order valence-corrected chi connectivity index (χ4v) is 14.5. The first-order valence-corrected chi connectivity index (χ1v) is 30.1. The zero-order valence-corrected chi connectivity index (χ0v) is 48.2. The highest BCUT2D eigenvalue weighted by Gasteiger charge is 2.53. The van der Waals surface area contributed by atoms with Crippen LogP contribution in [0.2, 0.25) is 0 Å². The van der Waals surface area contributed by atoms with Gasteiger partial charge in [-0.3, -0.25) is 0 Å². The lowest BCUT2D eigenvalue weighted by Crippen LogP contribution is -2.40. The predicted molar refractivity (Wildman–Crippen MR) is 353 cm³/mol. The molecule has 0 bridgehead atoms. The topological polar surface area (TPSA) is 6.48 Å².